The van der Waals surface area contributed by atoms with Gasteiger partial charge in [-0.1, -0.05) is 18.1 Å². The molecule has 3 fully saturated rings. The van der Waals surface area contributed by atoms with E-state index in [4.69, 9.17) is 0 Å². The van der Waals surface area contributed by atoms with Crippen LogP contribution in [-0.2, 0) is 0 Å². The van der Waals surface area contributed by atoms with E-state index >= 15 is 0 Å². The van der Waals surface area contributed by atoms with Gasteiger partial charge >= 0.3 is 0 Å². The Bertz CT molecular complexity index is 299. The molecule has 0 aromatic heterocycles. The minimum Gasteiger partial charge on any atom is -0.0701 e. The van der Waals surface area contributed by atoms with Gasteiger partial charge in [-0.15, -0.1) is 0 Å². The summed E-state index contributed by atoms with van der Waals surface area (Å²) in [6, 6.07) is 0. The minimum absolute atomic E-state index is 1.05. The SMILES string of the molecule is CC1CC2CC1C1C2=C2CCC1C2. The van der Waals surface area contributed by atoms with Crippen LogP contribution in [0.5, 0.6) is 0 Å². The van der Waals surface area contributed by atoms with E-state index in [0.29, 0.717) is 0 Å². The first-order valence-corrected chi connectivity index (χ1v) is 6.06. The molecule has 5 atom stereocenters. The van der Waals surface area contributed by atoms with Crippen molar-refractivity contribution < 1.29 is 0 Å². The first-order chi connectivity index (χ1) is 6.34. The summed E-state index contributed by atoms with van der Waals surface area (Å²) in [6.07, 6.45) is 7.64. The Morgan fingerprint density at radius 3 is 3.08 bits per heavy atom. The maximum absolute atomic E-state index is 2.50. The van der Waals surface area contributed by atoms with Gasteiger partial charge in [-0.25, -0.2) is 0 Å². The fraction of sp³-hybridized carbons (Fsp3) is 0.846. The Labute approximate surface area is 80.4 Å². The lowest BCUT2D eigenvalue weighted by molar-refractivity contribution is 0.239. The Kier molecular flexibility index (Phi) is 1.11. The van der Waals surface area contributed by atoms with Crippen molar-refractivity contribution >= 4 is 0 Å². The number of allylic oxidation sites excluding steroid dienone is 2. The third kappa shape index (κ3) is 0.671. The predicted molar refractivity (Wildman–Crippen MR) is 53.2 cm³/mol. The third-order valence-electron chi connectivity index (χ3n) is 5.45. The molecule has 4 aliphatic carbocycles. The highest BCUT2D eigenvalue weighted by Crippen LogP contribution is 2.65. The second kappa shape index (κ2) is 2.04. The Morgan fingerprint density at radius 1 is 1.23 bits per heavy atom. The molecule has 0 amide bonds. The van der Waals surface area contributed by atoms with Gasteiger partial charge in [0.1, 0.15) is 0 Å². The van der Waals surface area contributed by atoms with Crippen LogP contribution in [0.4, 0.5) is 0 Å². The maximum atomic E-state index is 2.50. The predicted octanol–water partition coefficient (Wildman–Crippen LogP) is 3.39. The van der Waals surface area contributed by atoms with Gasteiger partial charge in [0.25, 0.3) is 0 Å². The van der Waals surface area contributed by atoms with E-state index in [0.717, 1.165) is 29.6 Å². The summed E-state index contributed by atoms with van der Waals surface area (Å²) in [4.78, 5) is 0. The van der Waals surface area contributed by atoms with Crippen LogP contribution >= 0.6 is 0 Å². The topological polar surface area (TPSA) is 0 Å². The highest BCUT2D eigenvalue weighted by atomic mass is 14.6. The van der Waals surface area contributed by atoms with Crippen molar-refractivity contribution in [2.75, 3.05) is 0 Å². The summed E-state index contributed by atoms with van der Waals surface area (Å²) in [5.41, 5.74) is 3.92. The molecule has 5 unspecified atom stereocenters. The Balaban J connectivity index is 1.86. The molecule has 13 heavy (non-hydrogen) atoms. The highest BCUT2D eigenvalue weighted by Gasteiger charge is 2.55. The Morgan fingerprint density at radius 2 is 2.15 bits per heavy atom. The van der Waals surface area contributed by atoms with Crippen molar-refractivity contribution in [1.82, 2.24) is 0 Å². The summed E-state index contributed by atoms with van der Waals surface area (Å²) in [5, 5.41) is 0. The molecule has 0 saturated heterocycles. The van der Waals surface area contributed by atoms with E-state index in [2.05, 4.69) is 6.92 Å². The van der Waals surface area contributed by atoms with Crippen molar-refractivity contribution in [3.63, 3.8) is 0 Å². The van der Waals surface area contributed by atoms with Gasteiger partial charge in [-0.2, -0.15) is 0 Å². The molecule has 4 rings (SSSR count). The molecular formula is C13H18. The zero-order valence-electron chi connectivity index (χ0n) is 8.42. The van der Waals surface area contributed by atoms with E-state index in [1.807, 2.05) is 11.1 Å². The summed E-state index contributed by atoms with van der Waals surface area (Å²) in [5.74, 6) is 5.44. The van der Waals surface area contributed by atoms with Gasteiger partial charge < -0.3 is 0 Å². The van der Waals surface area contributed by atoms with Crippen LogP contribution in [0.2, 0.25) is 0 Å². The van der Waals surface area contributed by atoms with Crippen molar-refractivity contribution in [3.05, 3.63) is 11.1 Å². The highest BCUT2D eigenvalue weighted by molar-refractivity contribution is 5.37. The molecule has 0 heteroatoms. The van der Waals surface area contributed by atoms with Crippen LogP contribution in [-0.4, -0.2) is 0 Å². The van der Waals surface area contributed by atoms with E-state index in [9.17, 15) is 0 Å². The summed E-state index contributed by atoms with van der Waals surface area (Å²) < 4.78 is 0. The van der Waals surface area contributed by atoms with E-state index in [1.165, 1.54) is 19.3 Å². The quantitative estimate of drug-likeness (QED) is 0.494. The molecule has 4 bridgehead atoms. The van der Waals surface area contributed by atoms with Crippen LogP contribution in [0, 0.1) is 29.6 Å². The molecule has 0 N–H and O–H groups in total. The van der Waals surface area contributed by atoms with Gasteiger partial charge in [-0.3, -0.25) is 0 Å². The summed E-state index contributed by atoms with van der Waals surface area (Å²) >= 11 is 0. The van der Waals surface area contributed by atoms with E-state index < -0.39 is 0 Å². The maximum Gasteiger partial charge on any atom is -0.0135 e. The average molecular weight is 174 g/mol. The van der Waals surface area contributed by atoms with Crippen molar-refractivity contribution in [2.45, 2.75) is 39.0 Å². The zero-order chi connectivity index (χ0) is 8.58. The number of hydrogen-bond donors (Lipinski definition) is 0. The molecule has 0 heterocycles. The van der Waals surface area contributed by atoms with Gasteiger partial charge in [0.15, 0.2) is 0 Å². The van der Waals surface area contributed by atoms with E-state index in [-0.39, 0.29) is 0 Å². The Hall–Kier alpha value is -0.260. The van der Waals surface area contributed by atoms with Crippen LogP contribution in [0.1, 0.15) is 39.0 Å². The lowest BCUT2D eigenvalue weighted by atomic mass is 9.73. The van der Waals surface area contributed by atoms with Gasteiger partial charge in [0, 0.05) is 0 Å². The second-order valence-corrected chi connectivity index (χ2v) is 5.90. The molecule has 0 nitrogen and oxygen atoms in total. The monoisotopic (exact) mass is 174 g/mol. The first kappa shape index (κ1) is 7.09. The van der Waals surface area contributed by atoms with Crippen molar-refractivity contribution in [1.29, 1.82) is 0 Å². The molecule has 4 aliphatic rings. The second-order valence-electron chi connectivity index (χ2n) is 5.90. The molecule has 0 spiro atoms. The zero-order valence-corrected chi connectivity index (χ0v) is 8.42. The molecule has 0 aromatic carbocycles. The minimum atomic E-state index is 1.05. The molecule has 3 saturated carbocycles. The van der Waals surface area contributed by atoms with Crippen LogP contribution < -0.4 is 0 Å². The standard InChI is InChI=1S/C13H18/c1-7-4-10-6-11(7)13-9-3-2-8(5-9)12(10)13/h7,9-11,13H,2-6H2,1H3. The number of hydrogen-bond acceptors (Lipinski definition) is 0. The van der Waals surface area contributed by atoms with Gasteiger partial charge in [0.05, 0.1) is 0 Å². The normalized spacial score (nSPS) is 56.5. The number of rotatable bonds is 0. The van der Waals surface area contributed by atoms with Gasteiger partial charge in [-0.05, 0) is 61.7 Å². The molecule has 0 radical (unpaired) electrons. The first-order valence-electron chi connectivity index (χ1n) is 6.06. The van der Waals surface area contributed by atoms with Gasteiger partial charge in [0.2, 0.25) is 0 Å². The lowest BCUT2D eigenvalue weighted by Gasteiger charge is -2.32. The van der Waals surface area contributed by atoms with Crippen molar-refractivity contribution in [2.24, 2.45) is 29.6 Å². The molecule has 0 aromatic rings. The number of fused-ring (bicyclic) bond motifs is 8. The average Bonchev–Trinajstić information content (AvgIpc) is 2.78. The fourth-order valence-electron chi connectivity index (χ4n) is 5.11. The summed E-state index contributed by atoms with van der Waals surface area (Å²) in [6.45, 7) is 2.50. The molecular weight excluding hydrogens is 156 g/mol. The third-order valence-corrected chi connectivity index (χ3v) is 5.45. The van der Waals surface area contributed by atoms with Crippen LogP contribution in [0.3, 0.4) is 0 Å². The van der Waals surface area contributed by atoms with Crippen molar-refractivity contribution in [3.8, 4) is 0 Å². The largest absolute Gasteiger partial charge is 0.0701 e. The van der Waals surface area contributed by atoms with Crippen LogP contribution in [0.15, 0.2) is 11.1 Å². The fourth-order valence-corrected chi connectivity index (χ4v) is 5.11. The molecule has 70 valence electrons. The lowest BCUT2D eigenvalue weighted by Crippen LogP contribution is -2.24. The molecule has 0 aliphatic heterocycles. The smallest absolute Gasteiger partial charge is 0.0135 e. The summed E-state index contributed by atoms with van der Waals surface area (Å²) in [7, 11) is 0. The van der Waals surface area contributed by atoms with Crippen LogP contribution in [0.25, 0.3) is 0 Å². The van der Waals surface area contributed by atoms with E-state index in [1.54, 1.807) is 12.8 Å².